The number of hydrogen-bond acceptors (Lipinski definition) is 1. The van der Waals surface area contributed by atoms with E-state index < -0.39 is 17.5 Å². The number of aryl methyl sites for hydroxylation is 2. The van der Waals surface area contributed by atoms with Crippen LogP contribution in [-0.4, -0.2) is 0 Å². The lowest BCUT2D eigenvalue weighted by atomic mass is 9.95. The van der Waals surface area contributed by atoms with Crippen molar-refractivity contribution in [1.82, 2.24) is 0 Å². The fourth-order valence-electron chi connectivity index (χ4n) is 2.09. The lowest BCUT2D eigenvalue weighted by Crippen LogP contribution is -1.98. The second kappa shape index (κ2) is 4.37. The van der Waals surface area contributed by atoms with Crippen molar-refractivity contribution in [2.75, 3.05) is 5.73 Å². The molecule has 0 amide bonds. The van der Waals surface area contributed by atoms with Gasteiger partial charge in [0.15, 0.2) is 0 Å². The summed E-state index contributed by atoms with van der Waals surface area (Å²) in [5, 5.41) is 0. The van der Waals surface area contributed by atoms with Gasteiger partial charge in [-0.1, -0.05) is 0 Å². The summed E-state index contributed by atoms with van der Waals surface area (Å²) in [7, 11) is 0. The van der Waals surface area contributed by atoms with Crippen LogP contribution in [0.1, 0.15) is 11.1 Å². The number of halogens is 3. The molecule has 2 aromatic rings. The third-order valence-electron chi connectivity index (χ3n) is 2.85. The van der Waals surface area contributed by atoms with Gasteiger partial charge < -0.3 is 5.73 Å². The Labute approximate surface area is 103 Å². The standard InChI is InChI=1S/C14H12F3N/c1-7-3-9(15)4-8(2)14(7)10-5-12(17)13(18)6-11(10)16/h3-6H,18H2,1-2H3. The summed E-state index contributed by atoms with van der Waals surface area (Å²) in [6, 6.07) is 4.55. The molecule has 1 nitrogen and oxygen atoms in total. The highest BCUT2D eigenvalue weighted by Crippen LogP contribution is 2.32. The van der Waals surface area contributed by atoms with Gasteiger partial charge in [-0.3, -0.25) is 0 Å². The maximum atomic E-state index is 13.8. The molecule has 94 valence electrons. The minimum absolute atomic E-state index is 0.0942. The van der Waals surface area contributed by atoms with Crippen LogP contribution in [-0.2, 0) is 0 Å². The fraction of sp³-hybridized carbons (Fsp3) is 0.143. The van der Waals surface area contributed by atoms with Crippen molar-refractivity contribution in [3.63, 3.8) is 0 Å². The van der Waals surface area contributed by atoms with E-state index in [-0.39, 0.29) is 11.3 Å². The smallest absolute Gasteiger partial charge is 0.146 e. The molecule has 2 rings (SSSR count). The molecule has 0 aliphatic rings. The Morgan fingerprint density at radius 1 is 0.833 bits per heavy atom. The van der Waals surface area contributed by atoms with Crippen LogP contribution in [0.25, 0.3) is 11.1 Å². The Balaban J connectivity index is 2.73. The van der Waals surface area contributed by atoms with E-state index in [1.165, 1.54) is 12.1 Å². The van der Waals surface area contributed by atoms with Crippen molar-refractivity contribution >= 4 is 5.69 Å². The van der Waals surface area contributed by atoms with Crippen LogP contribution in [0.4, 0.5) is 18.9 Å². The number of nitrogens with two attached hydrogens (primary N) is 1. The van der Waals surface area contributed by atoms with E-state index in [0.29, 0.717) is 16.7 Å². The first-order valence-corrected chi connectivity index (χ1v) is 5.42. The molecule has 0 saturated carbocycles. The lowest BCUT2D eigenvalue weighted by Gasteiger charge is -2.12. The molecule has 0 aromatic heterocycles. The molecule has 0 bridgehead atoms. The first-order chi connectivity index (χ1) is 8.40. The normalized spacial score (nSPS) is 10.7. The molecule has 0 radical (unpaired) electrons. The van der Waals surface area contributed by atoms with Gasteiger partial charge in [0.25, 0.3) is 0 Å². The average molecular weight is 251 g/mol. The van der Waals surface area contributed by atoms with Crippen molar-refractivity contribution in [3.05, 3.63) is 52.8 Å². The Kier molecular flexibility index (Phi) is 3.03. The van der Waals surface area contributed by atoms with Crippen molar-refractivity contribution in [2.45, 2.75) is 13.8 Å². The Morgan fingerprint density at radius 2 is 1.39 bits per heavy atom. The molecule has 0 unspecified atom stereocenters. The van der Waals surface area contributed by atoms with Gasteiger partial charge in [0.05, 0.1) is 5.69 Å². The molecular formula is C14H12F3N. The summed E-state index contributed by atoms with van der Waals surface area (Å²) in [6.07, 6.45) is 0. The first kappa shape index (κ1) is 12.5. The van der Waals surface area contributed by atoms with Crippen molar-refractivity contribution in [2.24, 2.45) is 0 Å². The van der Waals surface area contributed by atoms with E-state index in [9.17, 15) is 13.2 Å². The first-order valence-electron chi connectivity index (χ1n) is 5.42. The lowest BCUT2D eigenvalue weighted by molar-refractivity contribution is 0.606. The quantitative estimate of drug-likeness (QED) is 0.762. The maximum Gasteiger partial charge on any atom is 0.146 e. The third kappa shape index (κ3) is 2.06. The minimum Gasteiger partial charge on any atom is -0.396 e. The predicted molar refractivity (Wildman–Crippen MR) is 65.6 cm³/mol. The molecule has 0 saturated heterocycles. The summed E-state index contributed by atoms with van der Waals surface area (Å²) in [5.41, 5.74) is 6.74. The second-order valence-electron chi connectivity index (χ2n) is 4.27. The van der Waals surface area contributed by atoms with Gasteiger partial charge in [-0.05, 0) is 48.7 Å². The van der Waals surface area contributed by atoms with Crippen LogP contribution in [0.15, 0.2) is 24.3 Å². The van der Waals surface area contributed by atoms with E-state index in [2.05, 4.69) is 0 Å². The van der Waals surface area contributed by atoms with Gasteiger partial charge in [-0.2, -0.15) is 0 Å². The summed E-state index contributed by atoms with van der Waals surface area (Å²) in [4.78, 5) is 0. The molecule has 2 aromatic carbocycles. The topological polar surface area (TPSA) is 26.0 Å². The fourth-order valence-corrected chi connectivity index (χ4v) is 2.09. The monoisotopic (exact) mass is 251 g/mol. The number of nitrogen functional groups attached to an aromatic ring is 1. The summed E-state index contributed by atoms with van der Waals surface area (Å²) >= 11 is 0. The molecule has 0 aliphatic heterocycles. The second-order valence-corrected chi connectivity index (χ2v) is 4.27. The molecule has 0 heterocycles. The van der Waals surface area contributed by atoms with Gasteiger partial charge in [0, 0.05) is 11.6 Å². The highest BCUT2D eigenvalue weighted by Gasteiger charge is 2.14. The molecule has 4 heteroatoms. The average Bonchev–Trinajstić information content (AvgIpc) is 2.24. The predicted octanol–water partition coefficient (Wildman–Crippen LogP) is 3.97. The van der Waals surface area contributed by atoms with E-state index in [1.54, 1.807) is 13.8 Å². The zero-order chi connectivity index (χ0) is 13.4. The van der Waals surface area contributed by atoms with Crippen LogP contribution in [0.3, 0.4) is 0 Å². The largest absolute Gasteiger partial charge is 0.396 e. The van der Waals surface area contributed by atoms with E-state index in [0.717, 1.165) is 12.1 Å². The zero-order valence-corrected chi connectivity index (χ0v) is 10.0. The van der Waals surface area contributed by atoms with E-state index in [4.69, 9.17) is 5.73 Å². The molecular weight excluding hydrogens is 239 g/mol. The molecule has 18 heavy (non-hydrogen) atoms. The number of anilines is 1. The van der Waals surface area contributed by atoms with E-state index in [1.807, 2.05) is 0 Å². The molecule has 0 aliphatic carbocycles. The van der Waals surface area contributed by atoms with Crippen LogP contribution in [0.5, 0.6) is 0 Å². The van der Waals surface area contributed by atoms with Gasteiger partial charge in [-0.15, -0.1) is 0 Å². The molecule has 0 spiro atoms. The third-order valence-corrected chi connectivity index (χ3v) is 2.85. The van der Waals surface area contributed by atoms with Gasteiger partial charge >= 0.3 is 0 Å². The van der Waals surface area contributed by atoms with Crippen molar-refractivity contribution in [1.29, 1.82) is 0 Å². The highest BCUT2D eigenvalue weighted by atomic mass is 19.1. The van der Waals surface area contributed by atoms with Gasteiger partial charge in [0.2, 0.25) is 0 Å². The van der Waals surface area contributed by atoms with Crippen LogP contribution >= 0.6 is 0 Å². The number of benzene rings is 2. The summed E-state index contributed by atoms with van der Waals surface area (Å²) in [5.74, 6) is -1.70. The SMILES string of the molecule is Cc1cc(F)cc(C)c1-c1cc(F)c(N)cc1F. The maximum absolute atomic E-state index is 13.8. The molecule has 0 atom stereocenters. The van der Waals surface area contributed by atoms with Crippen LogP contribution in [0.2, 0.25) is 0 Å². The number of rotatable bonds is 1. The highest BCUT2D eigenvalue weighted by molar-refractivity contribution is 5.72. The van der Waals surface area contributed by atoms with Gasteiger partial charge in [0.1, 0.15) is 17.5 Å². The zero-order valence-electron chi connectivity index (χ0n) is 10.0. The Morgan fingerprint density at radius 3 is 1.94 bits per heavy atom. The van der Waals surface area contributed by atoms with E-state index >= 15 is 0 Å². The number of hydrogen-bond donors (Lipinski definition) is 1. The van der Waals surface area contributed by atoms with Gasteiger partial charge in [-0.25, -0.2) is 13.2 Å². The molecule has 0 fully saturated rings. The Hall–Kier alpha value is -1.97. The minimum atomic E-state index is -0.686. The van der Waals surface area contributed by atoms with Crippen LogP contribution in [0, 0.1) is 31.3 Å². The van der Waals surface area contributed by atoms with Crippen molar-refractivity contribution in [3.8, 4) is 11.1 Å². The van der Waals surface area contributed by atoms with Crippen molar-refractivity contribution < 1.29 is 13.2 Å². The Bertz CT molecular complexity index is 598. The summed E-state index contributed by atoms with van der Waals surface area (Å²) < 4.78 is 40.4. The summed E-state index contributed by atoms with van der Waals surface area (Å²) in [6.45, 7) is 3.30. The van der Waals surface area contributed by atoms with Crippen LogP contribution < -0.4 is 5.73 Å². The molecule has 2 N–H and O–H groups in total.